The number of fused-ring (bicyclic) bond motifs is 1. The SMILES string of the molecule is CNCc1nc(C(C)C)ncc1N1CCC2CCCCC21. The summed E-state index contributed by atoms with van der Waals surface area (Å²) < 4.78 is 0. The van der Waals surface area contributed by atoms with E-state index in [1.54, 1.807) is 0 Å². The Morgan fingerprint density at radius 1 is 1.29 bits per heavy atom. The first kappa shape index (κ1) is 14.8. The van der Waals surface area contributed by atoms with Crippen LogP contribution < -0.4 is 10.2 Å². The molecule has 0 bridgehead atoms. The van der Waals surface area contributed by atoms with Crippen LogP contribution in [0.2, 0.25) is 0 Å². The Morgan fingerprint density at radius 2 is 2.10 bits per heavy atom. The number of nitrogens with one attached hydrogen (secondary N) is 1. The van der Waals surface area contributed by atoms with Gasteiger partial charge in [-0.05, 0) is 32.2 Å². The van der Waals surface area contributed by atoms with Gasteiger partial charge in [-0.1, -0.05) is 26.7 Å². The first-order valence-corrected chi connectivity index (χ1v) is 8.47. The van der Waals surface area contributed by atoms with Crippen LogP contribution in [0.15, 0.2) is 6.20 Å². The Kier molecular flexibility index (Phi) is 4.43. The molecule has 2 atom stereocenters. The topological polar surface area (TPSA) is 41.1 Å². The van der Waals surface area contributed by atoms with Crippen molar-refractivity contribution in [1.29, 1.82) is 0 Å². The predicted octanol–water partition coefficient (Wildman–Crippen LogP) is 3.09. The van der Waals surface area contributed by atoms with Crippen molar-refractivity contribution < 1.29 is 0 Å². The highest BCUT2D eigenvalue weighted by atomic mass is 15.2. The first-order valence-electron chi connectivity index (χ1n) is 8.47. The van der Waals surface area contributed by atoms with Gasteiger partial charge >= 0.3 is 0 Å². The summed E-state index contributed by atoms with van der Waals surface area (Å²) in [6.07, 6.45) is 8.97. The van der Waals surface area contributed by atoms with E-state index in [1.807, 2.05) is 7.05 Å². The lowest BCUT2D eigenvalue weighted by atomic mass is 9.85. The van der Waals surface area contributed by atoms with Crippen LogP contribution in [0.25, 0.3) is 0 Å². The van der Waals surface area contributed by atoms with Gasteiger partial charge in [0.25, 0.3) is 0 Å². The largest absolute Gasteiger partial charge is 0.365 e. The summed E-state index contributed by atoms with van der Waals surface area (Å²) in [5, 5.41) is 3.27. The van der Waals surface area contributed by atoms with Gasteiger partial charge in [0.05, 0.1) is 17.6 Å². The summed E-state index contributed by atoms with van der Waals surface area (Å²) in [5.41, 5.74) is 2.44. The molecule has 0 radical (unpaired) electrons. The average molecular weight is 288 g/mol. The Bertz CT molecular complexity index is 486. The molecule has 3 rings (SSSR count). The van der Waals surface area contributed by atoms with Gasteiger partial charge in [-0.2, -0.15) is 0 Å². The average Bonchev–Trinajstić information content (AvgIpc) is 2.91. The molecule has 2 fully saturated rings. The van der Waals surface area contributed by atoms with E-state index in [0.717, 1.165) is 24.3 Å². The van der Waals surface area contributed by atoms with Crippen LogP contribution in [-0.4, -0.2) is 29.6 Å². The van der Waals surface area contributed by atoms with E-state index in [1.165, 1.54) is 50.0 Å². The van der Waals surface area contributed by atoms with Gasteiger partial charge in [0, 0.05) is 25.0 Å². The molecule has 4 nitrogen and oxygen atoms in total. The molecule has 1 aliphatic heterocycles. The van der Waals surface area contributed by atoms with Crippen molar-refractivity contribution in [2.45, 2.75) is 64.5 Å². The fourth-order valence-corrected chi connectivity index (χ4v) is 3.95. The van der Waals surface area contributed by atoms with Crippen molar-refractivity contribution >= 4 is 5.69 Å². The minimum Gasteiger partial charge on any atom is -0.365 e. The summed E-state index contributed by atoms with van der Waals surface area (Å²) in [6, 6.07) is 0.725. The van der Waals surface area contributed by atoms with E-state index in [-0.39, 0.29) is 0 Å². The summed E-state index contributed by atoms with van der Waals surface area (Å²) in [5.74, 6) is 2.24. The summed E-state index contributed by atoms with van der Waals surface area (Å²) in [6.45, 7) is 6.32. The molecule has 116 valence electrons. The van der Waals surface area contributed by atoms with E-state index in [9.17, 15) is 0 Å². The normalized spacial score (nSPS) is 25.4. The van der Waals surface area contributed by atoms with Gasteiger partial charge in [-0.25, -0.2) is 9.97 Å². The third kappa shape index (κ3) is 2.91. The molecule has 1 N–H and O–H groups in total. The molecule has 1 aromatic rings. The monoisotopic (exact) mass is 288 g/mol. The zero-order valence-corrected chi connectivity index (χ0v) is 13.6. The molecular formula is C17H28N4. The second-order valence-electron chi connectivity index (χ2n) is 6.84. The summed E-state index contributed by atoms with van der Waals surface area (Å²) >= 11 is 0. The molecule has 2 unspecified atom stereocenters. The summed E-state index contributed by atoms with van der Waals surface area (Å²) in [7, 11) is 1.99. The molecule has 1 aromatic heterocycles. The number of hydrogen-bond acceptors (Lipinski definition) is 4. The molecule has 2 aliphatic rings. The van der Waals surface area contributed by atoms with Gasteiger partial charge in [-0.15, -0.1) is 0 Å². The molecule has 4 heteroatoms. The minimum absolute atomic E-state index is 0.385. The highest BCUT2D eigenvalue weighted by molar-refractivity contribution is 5.51. The van der Waals surface area contributed by atoms with Crippen LogP contribution in [0.1, 0.15) is 63.4 Å². The quantitative estimate of drug-likeness (QED) is 0.924. The second kappa shape index (κ2) is 6.30. The molecule has 1 saturated heterocycles. The molecule has 0 amide bonds. The van der Waals surface area contributed by atoms with Gasteiger partial charge in [0.2, 0.25) is 0 Å². The number of hydrogen-bond donors (Lipinski definition) is 1. The van der Waals surface area contributed by atoms with Crippen molar-refractivity contribution in [3.05, 3.63) is 17.7 Å². The zero-order valence-electron chi connectivity index (χ0n) is 13.6. The van der Waals surface area contributed by atoms with Crippen molar-refractivity contribution in [3.8, 4) is 0 Å². The van der Waals surface area contributed by atoms with Gasteiger partial charge in [-0.3, -0.25) is 0 Å². The van der Waals surface area contributed by atoms with E-state index in [2.05, 4.69) is 35.2 Å². The second-order valence-corrected chi connectivity index (χ2v) is 6.84. The highest BCUT2D eigenvalue weighted by Crippen LogP contribution is 2.39. The van der Waals surface area contributed by atoms with Crippen LogP contribution in [0.3, 0.4) is 0 Å². The smallest absolute Gasteiger partial charge is 0.131 e. The van der Waals surface area contributed by atoms with Gasteiger partial charge in [0.15, 0.2) is 0 Å². The van der Waals surface area contributed by atoms with E-state index < -0.39 is 0 Å². The third-order valence-corrected chi connectivity index (χ3v) is 5.04. The maximum absolute atomic E-state index is 4.83. The minimum atomic E-state index is 0.385. The summed E-state index contributed by atoms with van der Waals surface area (Å²) in [4.78, 5) is 12.0. The maximum atomic E-state index is 4.83. The van der Waals surface area contributed by atoms with Gasteiger partial charge < -0.3 is 10.2 Å². The van der Waals surface area contributed by atoms with Crippen LogP contribution in [0.5, 0.6) is 0 Å². The van der Waals surface area contributed by atoms with Crippen LogP contribution >= 0.6 is 0 Å². The van der Waals surface area contributed by atoms with Crippen molar-refractivity contribution in [2.24, 2.45) is 5.92 Å². The number of rotatable bonds is 4. The van der Waals surface area contributed by atoms with E-state index in [4.69, 9.17) is 4.98 Å². The predicted molar refractivity (Wildman–Crippen MR) is 86.6 cm³/mol. The number of aromatic nitrogens is 2. The van der Waals surface area contributed by atoms with Crippen molar-refractivity contribution in [2.75, 3.05) is 18.5 Å². The van der Waals surface area contributed by atoms with Crippen LogP contribution in [-0.2, 0) is 6.54 Å². The lowest BCUT2D eigenvalue weighted by molar-refractivity contribution is 0.341. The molecule has 21 heavy (non-hydrogen) atoms. The highest BCUT2D eigenvalue weighted by Gasteiger charge is 2.36. The molecule has 0 spiro atoms. The van der Waals surface area contributed by atoms with Crippen molar-refractivity contribution in [1.82, 2.24) is 15.3 Å². The number of nitrogens with zero attached hydrogens (tertiary/aromatic N) is 3. The zero-order chi connectivity index (χ0) is 14.8. The van der Waals surface area contributed by atoms with Gasteiger partial charge in [0.1, 0.15) is 5.82 Å². The van der Waals surface area contributed by atoms with Crippen molar-refractivity contribution in [3.63, 3.8) is 0 Å². The third-order valence-electron chi connectivity index (χ3n) is 5.04. The fraction of sp³-hybridized carbons (Fsp3) is 0.765. The first-order chi connectivity index (χ1) is 10.2. The Hall–Kier alpha value is -1.16. The Labute approximate surface area is 128 Å². The molecule has 1 saturated carbocycles. The van der Waals surface area contributed by atoms with Crippen LogP contribution in [0.4, 0.5) is 5.69 Å². The molecule has 0 aromatic carbocycles. The molecule has 1 aliphatic carbocycles. The number of anilines is 1. The Morgan fingerprint density at radius 3 is 2.86 bits per heavy atom. The molecular weight excluding hydrogens is 260 g/mol. The Balaban J connectivity index is 1.90. The van der Waals surface area contributed by atoms with E-state index in [0.29, 0.717) is 5.92 Å². The van der Waals surface area contributed by atoms with Crippen LogP contribution in [0, 0.1) is 5.92 Å². The molecule has 2 heterocycles. The maximum Gasteiger partial charge on any atom is 0.131 e. The fourth-order valence-electron chi connectivity index (χ4n) is 3.95. The van der Waals surface area contributed by atoms with E-state index >= 15 is 0 Å². The lowest BCUT2D eigenvalue weighted by Gasteiger charge is -2.34. The lowest BCUT2D eigenvalue weighted by Crippen LogP contribution is -2.36. The standard InChI is InChI=1S/C17H28N4/c1-12(2)17-19-11-16(14(20-17)10-18-3)21-9-8-13-6-4-5-7-15(13)21/h11-13,15,18H,4-10H2,1-3H3.